The zero-order valence-corrected chi connectivity index (χ0v) is 16.9. The summed E-state index contributed by atoms with van der Waals surface area (Å²) in [5, 5.41) is 4.59. The van der Waals surface area contributed by atoms with Crippen LogP contribution in [0.4, 0.5) is 0 Å². The van der Waals surface area contributed by atoms with E-state index in [2.05, 4.69) is 16.1 Å². The van der Waals surface area contributed by atoms with Gasteiger partial charge >= 0.3 is 0 Å². The third-order valence-corrected chi connectivity index (χ3v) is 6.96. The number of allylic oxidation sites excluding steroid dienone is 2. The molecule has 1 saturated carbocycles. The SMILES string of the molecule is O=C(CSc1nn(-c2ccccc2)c(=S)s1)N(C1=CCCCC1)C1CC1. The lowest BCUT2D eigenvalue weighted by molar-refractivity contribution is -0.127. The summed E-state index contributed by atoms with van der Waals surface area (Å²) in [4.78, 5) is 14.9. The largest absolute Gasteiger partial charge is 0.313 e. The number of rotatable bonds is 6. The van der Waals surface area contributed by atoms with Crippen LogP contribution in [0.1, 0.15) is 38.5 Å². The molecule has 1 aromatic carbocycles. The van der Waals surface area contributed by atoms with Gasteiger partial charge in [-0.25, -0.2) is 4.68 Å². The molecule has 1 amide bonds. The summed E-state index contributed by atoms with van der Waals surface area (Å²) in [6, 6.07) is 10.3. The van der Waals surface area contributed by atoms with E-state index in [9.17, 15) is 4.79 Å². The molecular formula is C19H21N3OS3. The Morgan fingerprint density at radius 2 is 2.12 bits per heavy atom. The van der Waals surface area contributed by atoms with E-state index >= 15 is 0 Å². The number of carbonyl (C=O) groups is 1. The molecule has 0 bridgehead atoms. The van der Waals surface area contributed by atoms with E-state index in [1.807, 2.05) is 30.3 Å². The van der Waals surface area contributed by atoms with Crippen LogP contribution in [0.2, 0.25) is 0 Å². The molecule has 136 valence electrons. The van der Waals surface area contributed by atoms with Crippen LogP contribution >= 0.6 is 35.3 Å². The average Bonchev–Trinajstić information content (AvgIpc) is 3.43. The highest BCUT2D eigenvalue weighted by atomic mass is 32.2. The van der Waals surface area contributed by atoms with Gasteiger partial charge in [-0.15, -0.1) is 5.10 Å². The normalized spacial score (nSPS) is 17.0. The van der Waals surface area contributed by atoms with E-state index in [4.69, 9.17) is 12.2 Å². The second kappa shape index (κ2) is 8.06. The van der Waals surface area contributed by atoms with Crippen molar-refractivity contribution < 1.29 is 4.79 Å². The Morgan fingerprint density at radius 1 is 1.31 bits per heavy atom. The Kier molecular flexibility index (Phi) is 5.57. The van der Waals surface area contributed by atoms with E-state index in [0.717, 1.165) is 35.7 Å². The van der Waals surface area contributed by atoms with E-state index in [0.29, 0.717) is 15.7 Å². The smallest absolute Gasteiger partial charge is 0.237 e. The van der Waals surface area contributed by atoms with Crippen LogP contribution < -0.4 is 0 Å². The molecule has 2 aliphatic rings. The summed E-state index contributed by atoms with van der Waals surface area (Å²) >= 11 is 8.41. The minimum Gasteiger partial charge on any atom is -0.313 e. The van der Waals surface area contributed by atoms with E-state index in [1.54, 1.807) is 4.68 Å². The predicted octanol–water partition coefficient (Wildman–Crippen LogP) is 5.20. The fourth-order valence-electron chi connectivity index (χ4n) is 3.22. The molecule has 2 aliphatic carbocycles. The number of aromatic nitrogens is 2. The number of para-hydroxylation sites is 1. The first-order valence-corrected chi connectivity index (χ1v) is 11.2. The molecule has 0 radical (unpaired) electrons. The highest BCUT2D eigenvalue weighted by Gasteiger charge is 2.34. The van der Waals surface area contributed by atoms with Gasteiger partial charge in [0.15, 0.2) is 8.29 Å². The van der Waals surface area contributed by atoms with Crippen molar-refractivity contribution in [3.05, 3.63) is 46.1 Å². The minimum absolute atomic E-state index is 0.207. The van der Waals surface area contributed by atoms with E-state index < -0.39 is 0 Å². The molecule has 1 aromatic heterocycles. The highest BCUT2D eigenvalue weighted by Crippen LogP contribution is 2.35. The monoisotopic (exact) mass is 403 g/mol. The standard InChI is InChI=1S/C19H21N3OS3/c23-17(21(15-11-12-15)14-7-3-1-4-8-14)13-25-18-20-22(19(24)26-18)16-9-5-2-6-10-16/h2,5-7,9-10,15H,1,3-4,8,11-13H2. The van der Waals surface area contributed by atoms with Gasteiger partial charge < -0.3 is 4.90 Å². The van der Waals surface area contributed by atoms with Crippen LogP contribution in [0.5, 0.6) is 0 Å². The molecular weight excluding hydrogens is 382 g/mol. The van der Waals surface area contributed by atoms with Gasteiger partial charge in [0.05, 0.1) is 11.4 Å². The fourth-order valence-corrected chi connectivity index (χ4v) is 5.44. The van der Waals surface area contributed by atoms with Crippen LogP contribution in [-0.4, -0.2) is 32.4 Å². The van der Waals surface area contributed by atoms with Crippen LogP contribution in [0.15, 0.2) is 46.4 Å². The Morgan fingerprint density at radius 3 is 2.81 bits per heavy atom. The fraction of sp³-hybridized carbons (Fsp3) is 0.421. The van der Waals surface area contributed by atoms with Gasteiger partial charge in [0.1, 0.15) is 0 Å². The van der Waals surface area contributed by atoms with Crippen LogP contribution in [0, 0.1) is 3.95 Å². The van der Waals surface area contributed by atoms with Gasteiger partial charge in [0.25, 0.3) is 0 Å². The summed E-state index contributed by atoms with van der Waals surface area (Å²) < 4.78 is 3.33. The summed E-state index contributed by atoms with van der Waals surface area (Å²) in [5.74, 6) is 0.628. The maximum absolute atomic E-state index is 12.9. The van der Waals surface area contributed by atoms with Crippen molar-refractivity contribution in [3.8, 4) is 5.69 Å². The number of carbonyl (C=O) groups excluding carboxylic acids is 1. The maximum atomic E-state index is 12.9. The topological polar surface area (TPSA) is 38.1 Å². The van der Waals surface area contributed by atoms with Crippen molar-refractivity contribution in [2.45, 2.75) is 48.9 Å². The Balaban J connectivity index is 1.44. The van der Waals surface area contributed by atoms with Crippen molar-refractivity contribution in [2.24, 2.45) is 0 Å². The number of thioether (sulfide) groups is 1. The molecule has 4 rings (SSSR count). The zero-order chi connectivity index (χ0) is 17.9. The van der Waals surface area contributed by atoms with Crippen LogP contribution in [0.25, 0.3) is 5.69 Å². The van der Waals surface area contributed by atoms with Crippen LogP contribution in [0.3, 0.4) is 0 Å². The van der Waals surface area contributed by atoms with Gasteiger partial charge in [-0.3, -0.25) is 4.79 Å². The van der Waals surface area contributed by atoms with Gasteiger partial charge in [0, 0.05) is 11.7 Å². The van der Waals surface area contributed by atoms with Gasteiger partial charge in [-0.1, -0.05) is 47.4 Å². The van der Waals surface area contributed by atoms with E-state index in [-0.39, 0.29) is 5.91 Å². The quantitative estimate of drug-likeness (QED) is 0.490. The lowest BCUT2D eigenvalue weighted by Gasteiger charge is -2.27. The van der Waals surface area contributed by atoms with Gasteiger partial charge in [0.2, 0.25) is 5.91 Å². The molecule has 4 nitrogen and oxygen atoms in total. The molecule has 1 heterocycles. The lowest BCUT2D eigenvalue weighted by Crippen LogP contribution is -2.34. The molecule has 0 aliphatic heterocycles. The summed E-state index contributed by atoms with van der Waals surface area (Å²) in [5.41, 5.74) is 2.20. The molecule has 26 heavy (non-hydrogen) atoms. The lowest BCUT2D eigenvalue weighted by atomic mass is 10.0. The Labute approximate surface area is 166 Å². The molecule has 0 unspecified atom stereocenters. The molecule has 0 spiro atoms. The maximum Gasteiger partial charge on any atom is 0.237 e. The average molecular weight is 404 g/mol. The summed E-state index contributed by atoms with van der Waals surface area (Å²) in [6.07, 6.45) is 9.10. The molecule has 0 atom stereocenters. The molecule has 1 fully saturated rings. The molecule has 0 saturated heterocycles. The van der Waals surface area contributed by atoms with Gasteiger partial charge in [-0.2, -0.15) is 0 Å². The number of amides is 1. The van der Waals surface area contributed by atoms with Crippen molar-refractivity contribution >= 4 is 41.2 Å². The first-order chi connectivity index (χ1) is 12.7. The minimum atomic E-state index is 0.207. The molecule has 0 N–H and O–H groups in total. The number of nitrogens with zero attached hydrogens (tertiary/aromatic N) is 3. The third-order valence-electron chi connectivity index (χ3n) is 4.61. The Bertz CT molecular complexity index is 868. The summed E-state index contributed by atoms with van der Waals surface area (Å²) in [6.45, 7) is 0. The first-order valence-electron chi connectivity index (χ1n) is 9.02. The van der Waals surface area contributed by atoms with E-state index in [1.165, 1.54) is 41.6 Å². The van der Waals surface area contributed by atoms with Gasteiger partial charge in [-0.05, 0) is 62.9 Å². The predicted molar refractivity (Wildman–Crippen MR) is 109 cm³/mol. The number of hydrogen-bond donors (Lipinski definition) is 0. The van der Waals surface area contributed by atoms with Crippen molar-refractivity contribution in [2.75, 3.05) is 5.75 Å². The summed E-state index contributed by atoms with van der Waals surface area (Å²) in [7, 11) is 0. The second-order valence-electron chi connectivity index (χ2n) is 6.61. The number of benzene rings is 1. The van der Waals surface area contributed by atoms with Crippen molar-refractivity contribution in [3.63, 3.8) is 0 Å². The second-order valence-corrected chi connectivity index (χ2v) is 9.45. The molecule has 2 aromatic rings. The van der Waals surface area contributed by atoms with Crippen molar-refractivity contribution in [1.29, 1.82) is 0 Å². The zero-order valence-electron chi connectivity index (χ0n) is 14.5. The van der Waals surface area contributed by atoms with Crippen LogP contribution in [-0.2, 0) is 4.79 Å². The Hall–Kier alpha value is -1.44. The highest BCUT2D eigenvalue weighted by molar-refractivity contribution is 8.01. The third kappa shape index (κ3) is 4.10. The number of hydrogen-bond acceptors (Lipinski definition) is 5. The first kappa shape index (κ1) is 17.9. The van der Waals surface area contributed by atoms with Crippen molar-refractivity contribution in [1.82, 2.24) is 14.7 Å². The molecule has 7 heteroatoms.